The summed E-state index contributed by atoms with van der Waals surface area (Å²) in [6.07, 6.45) is 0. The Kier molecular flexibility index (Phi) is 13.1. The summed E-state index contributed by atoms with van der Waals surface area (Å²) in [7, 11) is -7.56. The van der Waals surface area contributed by atoms with Gasteiger partial charge < -0.3 is 26.0 Å². The van der Waals surface area contributed by atoms with Gasteiger partial charge in [0.1, 0.15) is 32.6 Å². The molecule has 7 N–H and O–H groups in total. The van der Waals surface area contributed by atoms with Crippen molar-refractivity contribution in [2.45, 2.75) is 30.2 Å². The molecule has 0 heterocycles. The lowest BCUT2D eigenvalue weighted by atomic mass is 10.1. The Morgan fingerprint density at radius 2 is 1.12 bits per heavy atom. The molecule has 330 valence electrons. The van der Waals surface area contributed by atoms with Crippen molar-refractivity contribution in [3.05, 3.63) is 138 Å². The molecule has 0 saturated carbocycles. The standard InChI is InChI=1S/C44H38N10O9S2/c1-25-18-32(11-16-35(25)49-47-31-12-17-36(26(2)19-31)50-51-37-6-4-5-7-42(37)64(57,58)59)48-53-39-23-41(63-3)40(21-28(39)24-55)54-52-38-15-8-27-20-29(9-13-33(27)44(38)56)46-30-10-14-34(45)43(22-30)65(60,61)62/h4-23,46,55-56H,24,45H2,1-3H3,(H,57,58,59)(H,60,61,62). The van der Waals surface area contributed by atoms with Crippen molar-refractivity contribution in [2.24, 2.45) is 40.9 Å². The van der Waals surface area contributed by atoms with Gasteiger partial charge in [-0.15, -0.1) is 15.3 Å². The highest BCUT2D eigenvalue weighted by Gasteiger charge is 2.17. The van der Waals surface area contributed by atoms with Gasteiger partial charge in [-0.25, -0.2) is 0 Å². The number of aromatic hydroxyl groups is 1. The molecule has 19 nitrogen and oxygen atoms in total. The highest BCUT2D eigenvalue weighted by atomic mass is 32.2. The quantitative estimate of drug-likeness (QED) is 0.0338. The Labute approximate surface area is 371 Å². The number of phenols is 1. The number of fused-ring (bicyclic) bond motifs is 1. The maximum Gasteiger partial charge on any atom is 0.296 e. The molecule has 0 aliphatic rings. The number of hydrogen-bond donors (Lipinski definition) is 6. The normalized spacial score (nSPS) is 12.3. The van der Waals surface area contributed by atoms with Crippen molar-refractivity contribution in [1.82, 2.24) is 0 Å². The summed E-state index contributed by atoms with van der Waals surface area (Å²) in [5, 5.41) is 59.7. The molecule has 0 amide bonds. The summed E-state index contributed by atoms with van der Waals surface area (Å²) in [6, 6.07) is 31.6. The van der Waals surface area contributed by atoms with Crippen molar-refractivity contribution in [3.63, 3.8) is 0 Å². The van der Waals surface area contributed by atoms with Crippen LogP contribution in [0.2, 0.25) is 0 Å². The molecule has 0 radical (unpaired) electrons. The van der Waals surface area contributed by atoms with Crippen LogP contribution in [0.15, 0.2) is 172 Å². The van der Waals surface area contributed by atoms with E-state index in [2.05, 4.69) is 46.2 Å². The van der Waals surface area contributed by atoms with Crippen molar-refractivity contribution < 1.29 is 40.9 Å². The van der Waals surface area contributed by atoms with E-state index in [0.29, 0.717) is 61.7 Å². The van der Waals surface area contributed by atoms with Crippen LogP contribution < -0.4 is 15.8 Å². The van der Waals surface area contributed by atoms with Crippen LogP contribution in [-0.4, -0.2) is 43.3 Å². The SMILES string of the molecule is COc1cc(N=Nc2ccc(N=Nc3ccc(N=Nc4ccccc4S(=O)(=O)O)c(C)c3)c(C)c2)c(CO)cc1N=Nc1ccc2cc(Nc3ccc(N)c(S(=O)(=O)O)c3)ccc2c1O. The fourth-order valence-electron chi connectivity index (χ4n) is 6.35. The third kappa shape index (κ3) is 10.7. The van der Waals surface area contributed by atoms with Gasteiger partial charge in [-0.3, -0.25) is 9.11 Å². The molecule has 65 heavy (non-hydrogen) atoms. The first-order valence-corrected chi connectivity index (χ1v) is 22.0. The number of azo groups is 4. The lowest BCUT2D eigenvalue weighted by Gasteiger charge is -2.11. The smallest absolute Gasteiger partial charge is 0.296 e. The molecule has 0 aliphatic carbocycles. The Bertz CT molecular complexity index is 3340. The molecule has 7 rings (SSSR count). The van der Waals surface area contributed by atoms with Crippen molar-refractivity contribution in [3.8, 4) is 11.5 Å². The minimum Gasteiger partial charge on any atom is -0.505 e. The highest BCUT2D eigenvalue weighted by Crippen LogP contribution is 2.41. The zero-order valence-electron chi connectivity index (χ0n) is 34.6. The van der Waals surface area contributed by atoms with E-state index in [1.54, 1.807) is 97.9 Å². The third-order valence-corrected chi connectivity index (χ3v) is 11.5. The first-order valence-electron chi connectivity index (χ1n) is 19.2. The zero-order chi connectivity index (χ0) is 46.5. The van der Waals surface area contributed by atoms with Crippen LogP contribution in [0.1, 0.15) is 16.7 Å². The van der Waals surface area contributed by atoms with E-state index in [1.807, 2.05) is 6.92 Å². The second-order valence-corrected chi connectivity index (χ2v) is 17.0. The van der Waals surface area contributed by atoms with Crippen LogP contribution >= 0.6 is 0 Å². The highest BCUT2D eigenvalue weighted by molar-refractivity contribution is 7.86. The number of hydrogen-bond acceptors (Lipinski definition) is 17. The van der Waals surface area contributed by atoms with Crippen molar-refractivity contribution in [1.29, 1.82) is 0 Å². The minimum atomic E-state index is -4.53. The van der Waals surface area contributed by atoms with Gasteiger partial charge in [0, 0.05) is 28.4 Å². The van der Waals surface area contributed by atoms with E-state index >= 15 is 0 Å². The number of ether oxygens (including phenoxy) is 1. The molecule has 0 fully saturated rings. The average molecular weight is 915 g/mol. The first-order chi connectivity index (χ1) is 31.0. The van der Waals surface area contributed by atoms with Crippen LogP contribution in [0, 0.1) is 13.8 Å². The molecule has 0 saturated heterocycles. The molecule has 0 aromatic heterocycles. The molecule has 7 aromatic carbocycles. The van der Waals surface area contributed by atoms with Gasteiger partial charge in [-0.1, -0.05) is 18.2 Å². The maximum absolute atomic E-state index is 11.7. The number of nitrogens with two attached hydrogens (primary N) is 1. The number of rotatable bonds is 14. The Morgan fingerprint density at radius 3 is 1.75 bits per heavy atom. The lowest BCUT2D eigenvalue weighted by molar-refractivity contribution is 0.282. The summed E-state index contributed by atoms with van der Waals surface area (Å²) < 4.78 is 71.3. The maximum atomic E-state index is 11.7. The number of methoxy groups -OCH3 is 1. The second kappa shape index (κ2) is 18.9. The van der Waals surface area contributed by atoms with Crippen LogP contribution in [0.5, 0.6) is 11.5 Å². The number of anilines is 3. The summed E-state index contributed by atoms with van der Waals surface area (Å²) in [6.45, 7) is 3.22. The van der Waals surface area contributed by atoms with Crippen LogP contribution in [0.3, 0.4) is 0 Å². The number of aliphatic hydroxyl groups excluding tert-OH is 1. The molecule has 21 heteroatoms. The molecule has 0 spiro atoms. The Hall–Kier alpha value is -7.82. The molecular formula is C44H38N10O9S2. The predicted molar refractivity (Wildman–Crippen MR) is 244 cm³/mol. The van der Waals surface area contributed by atoms with E-state index in [1.165, 1.54) is 37.4 Å². The molecule has 0 bridgehead atoms. The predicted octanol–water partition coefficient (Wildman–Crippen LogP) is 12.1. The summed E-state index contributed by atoms with van der Waals surface area (Å²) in [5.41, 5.74) is 11.2. The fourth-order valence-corrected chi connectivity index (χ4v) is 7.61. The van der Waals surface area contributed by atoms with Crippen molar-refractivity contribution in [2.75, 3.05) is 18.2 Å². The van der Waals surface area contributed by atoms with Gasteiger partial charge in [0.25, 0.3) is 20.2 Å². The van der Waals surface area contributed by atoms with Crippen LogP contribution in [0.25, 0.3) is 10.8 Å². The van der Waals surface area contributed by atoms with Gasteiger partial charge in [0.05, 0.1) is 47.8 Å². The minimum absolute atomic E-state index is 0.00158. The number of nitrogens with one attached hydrogen (secondary N) is 1. The first kappa shape index (κ1) is 45.2. The summed E-state index contributed by atoms with van der Waals surface area (Å²) in [5.74, 6) is 0.125. The van der Waals surface area contributed by atoms with Gasteiger partial charge >= 0.3 is 0 Å². The van der Waals surface area contributed by atoms with Crippen LogP contribution in [-0.2, 0) is 26.8 Å². The monoisotopic (exact) mass is 914 g/mol. The average Bonchev–Trinajstić information content (AvgIpc) is 3.27. The van der Waals surface area contributed by atoms with E-state index in [-0.39, 0.29) is 39.1 Å². The largest absolute Gasteiger partial charge is 0.505 e. The molecule has 0 atom stereocenters. The molecular weight excluding hydrogens is 877 g/mol. The fraction of sp³-hybridized carbons (Fsp3) is 0.0909. The zero-order valence-corrected chi connectivity index (χ0v) is 36.2. The Morgan fingerprint density at radius 1 is 0.569 bits per heavy atom. The van der Waals surface area contributed by atoms with Gasteiger partial charge in [-0.2, -0.15) is 42.4 Å². The van der Waals surface area contributed by atoms with Gasteiger partial charge in [0.15, 0.2) is 5.75 Å². The molecule has 7 aromatic rings. The van der Waals surface area contributed by atoms with Gasteiger partial charge in [0.2, 0.25) is 0 Å². The molecule has 0 unspecified atom stereocenters. The topological polar surface area (TPSA) is 295 Å². The number of aryl methyl sites for hydroxylation is 2. The van der Waals surface area contributed by atoms with Crippen molar-refractivity contribution >= 4 is 93.6 Å². The number of nitrogens with zero attached hydrogens (tertiary/aromatic N) is 8. The third-order valence-electron chi connectivity index (χ3n) is 9.68. The summed E-state index contributed by atoms with van der Waals surface area (Å²) in [4.78, 5) is -0.776. The van der Waals surface area contributed by atoms with E-state index in [9.17, 15) is 36.2 Å². The second-order valence-electron chi connectivity index (χ2n) is 14.2. The number of aliphatic hydroxyl groups is 1. The molecule has 0 aliphatic heterocycles. The van der Waals surface area contributed by atoms with Crippen LogP contribution in [0.4, 0.5) is 62.6 Å². The number of nitrogen functional groups attached to an aromatic ring is 1. The van der Waals surface area contributed by atoms with E-state index < -0.39 is 31.7 Å². The van der Waals surface area contributed by atoms with E-state index in [4.69, 9.17) is 10.5 Å². The van der Waals surface area contributed by atoms with E-state index in [0.717, 1.165) is 5.56 Å². The number of benzene rings is 7. The Balaban J connectivity index is 1.03. The lowest BCUT2D eigenvalue weighted by Crippen LogP contribution is -2.04. The number of phenolic OH excluding ortho intramolecular Hbond substituents is 1. The summed E-state index contributed by atoms with van der Waals surface area (Å²) >= 11 is 0. The van der Waals surface area contributed by atoms with Gasteiger partial charge in [-0.05, 0) is 127 Å².